The molecule has 1 heterocycles. The Morgan fingerprint density at radius 3 is 1.42 bits per heavy atom. The first-order valence-electron chi connectivity index (χ1n) is 22.8. The van der Waals surface area contributed by atoms with Crippen LogP contribution in [0.25, 0.3) is 0 Å². The average molecular weight is 785 g/mol. The largest absolute Gasteiger partial charge is 0.462 e. The molecular formula is C45H84O10. The normalized spacial score (nSPS) is 20.6. The predicted octanol–water partition coefficient (Wildman–Crippen LogP) is 9.56. The standard InChI is InChI=1S/C45H84O10/c1-3-5-7-9-11-13-15-17-19-20-22-23-25-27-29-31-33-40(47)52-36-38(37-53-45-44(51)43(50)42(49)39(35-46)55-45)54-41(48)34-32-30-28-26-24-21-18-16-14-12-10-8-6-4-2/h16,18,38-39,42-46,49-51H,3-15,17,19-37H2,1-2H3/b18-16-. The van der Waals surface area contributed by atoms with Crippen molar-refractivity contribution in [3.63, 3.8) is 0 Å². The van der Waals surface area contributed by atoms with Gasteiger partial charge in [-0.1, -0.05) is 167 Å². The predicted molar refractivity (Wildman–Crippen MR) is 220 cm³/mol. The van der Waals surface area contributed by atoms with Gasteiger partial charge in [-0.2, -0.15) is 0 Å². The fourth-order valence-corrected chi connectivity index (χ4v) is 7.01. The minimum absolute atomic E-state index is 0.215. The van der Waals surface area contributed by atoms with Crippen molar-refractivity contribution >= 4 is 11.9 Å². The van der Waals surface area contributed by atoms with Crippen LogP contribution >= 0.6 is 0 Å². The summed E-state index contributed by atoms with van der Waals surface area (Å²) in [5, 5.41) is 40.0. The number of unbranched alkanes of at least 4 members (excludes halogenated alkanes) is 25. The van der Waals surface area contributed by atoms with E-state index in [0.29, 0.717) is 6.42 Å². The van der Waals surface area contributed by atoms with Gasteiger partial charge in [0.05, 0.1) is 13.2 Å². The lowest BCUT2D eigenvalue weighted by Gasteiger charge is -2.39. The molecule has 0 amide bonds. The minimum Gasteiger partial charge on any atom is -0.462 e. The molecule has 0 spiro atoms. The van der Waals surface area contributed by atoms with Gasteiger partial charge in [-0.05, 0) is 38.5 Å². The van der Waals surface area contributed by atoms with Crippen LogP contribution in [0.1, 0.15) is 206 Å². The molecule has 55 heavy (non-hydrogen) atoms. The van der Waals surface area contributed by atoms with Gasteiger partial charge in [0.25, 0.3) is 0 Å². The summed E-state index contributed by atoms with van der Waals surface area (Å²) in [5.41, 5.74) is 0. The van der Waals surface area contributed by atoms with Crippen LogP contribution in [0, 0.1) is 0 Å². The number of aliphatic hydroxyl groups excluding tert-OH is 4. The van der Waals surface area contributed by atoms with E-state index in [1.165, 1.54) is 122 Å². The van der Waals surface area contributed by atoms with Crippen molar-refractivity contribution < 1.29 is 49.0 Å². The van der Waals surface area contributed by atoms with Crippen molar-refractivity contribution in [2.45, 2.75) is 243 Å². The summed E-state index contributed by atoms with van der Waals surface area (Å²) in [7, 11) is 0. The highest BCUT2D eigenvalue weighted by Crippen LogP contribution is 2.23. The molecule has 0 aromatic rings. The Labute approximate surface area is 335 Å². The van der Waals surface area contributed by atoms with Crippen LogP contribution in [0.2, 0.25) is 0 Å². The molecule has 1 rings (SSSR count). The number of aliphatic hydroxyl groups is 4. The van der Waals surface area contributed by atoms with Gasteiger partial charge in [-0.15, -0.1) is 0 Å². The first-order valence-corrected chi connectivity index (χ1v) is 22.8. The van der Waals surface area contributed by atoms with E-state index in [-0.39, 0.29) is 32.0 Å². The topological polar surface area (TPSA) is 152 Å². The van der Waals surface area contributed by atoms with E-state index in [1.807, 2.05) is 0 Å². The Hall–Kier alpha value is -1.56. The van der Waals surface area contributed by atoms with Gasteiger partial charge < -0.3 is 39.4 Å². The average Bonchev–Trinajstić information content (AvgIpc) is 3.18. The SMILES string of the molecule is CCCCCCC/C=C\CCCCCCCC(=O)OC(COC(=O)CCCCCCCCCCCCCCCCCC)COC1OC(CO)C(O)C(O)C1O. The third-order valence-electron chi connectivity index (χ3n) is 10.7. The fourth-order valence-electron chi connectivity index (χ4n) is 7.01. The van der Waals surface area contributed by atoms with E-state index in [9.17, 15) is 30.0 Å². The van der Waals surface area contributed by atoms with Crippen LogP contribution in [-0.2, 0) is 28.5 Å². The van der Waals surface area contributed by atoms with Gasteiger partial charge in [0.1, 0.15) is 31.0 Å². The molecule has 0 aliphatic carbocycles. The second-order valence-corrected chi connectivity index (χ2v) is 15.9. The first kappa shape index (κ1) is 51.5. The minimum atomic E-state index is -1.59. The highest BCUT2D eigenvalue weighted by molar-refractivity contribution is 5.70. The number of carbonyl (C=O) groups excluding carboxylic acids is 2. The molecule has 0 radical (unpaired) electrons. The van der Waals surface area contributed by atoms with Crippen molar-refractivity contribution in [3.05, 3.63) is 12.2 Å². The van der Waals surface area contributed by atoms with Gasteiger partial charge in [0.2, 0.25) is 0 Å². The Morgan fingerprint density at radius 1 is 0.545 bits per heavy atom. The van der Waals surface area contributed by atoms with E-state index in [4.69, 9.17) is 18.9 Å². The molecule has 324 valence electrons. The molecule has 1 fully saturated rings. The summed E-state index contributed by atoms with van der Waals surface area (Å²) in [6.07, 6.45) is 30.7. The van der Waals surface area contributed by atoms with Crippen LogP contribution in [0.15, 0.2) is 12.2 Å². The molecule has 1 saturated heterocycles. The lowest BCUT2D eigenvalue weighted by atomic mass is 9.99. The maximum Gasteiger partial charge on any atom is 0.306 e. The molecule has 6 atom stereocenters. The Bertz CT molecular complexity index is 912. The molecule has 6 unspecified atom stereocenters. The summed E-state index contributed by atoms with van der Waals surface area (Å²) in [5.74, 6) is -0.806. The molecule has 0 aromatic carbocycles. The third-order valence-corrected chi connectivity index (χ3v) is 10.7. The summed E-state index contributed by atoms with van der Waals surface area (Å²) >= 11 is 0. The zero-order chi connectivity index (χ0) is 40.2. The summed E-state index contributed by atoms with van der Waals surface area (Å²) in [6.45, 7) is 3.42. The number of esters is 2. The molecule has 0 bridgehead atoms. The van der Waals surface area contributed by atoms with Crippen LogP contribution in [0.4, 0.5) is 0 Å². The summed E-state index contributed by atoms with van der Waals surface area (Å²) in [6, 6.07) is 0. The van der Waals surface area contributed by atoms with Gasteiger partial charge >= 0.3 is 11.9 Å². The van der Waals surface area contributed by atoms with E-state index in [2.05, 4.69) is 26.0 Å². The molecule has 1 aliphatic rings. The van der Waals surface area contributed by atoms with Gasteiger partial charge in [-0.3, -0.25) is 9.59 Å². The third kappa shape index (κ3) is 28.5. The fraction of sp³-hybridized carbons (Fsp3) is 0.911. The number of rotatable bonds is 38. The molecule has 10 heteroatoms. The molecule has 0 aromatic heterocycles. The van der Waals surface area contributed by atoms with Crippen molar-refractivity contribution in [3.8, 4) is 0 Å². The monoisotopic (exact) mass is 785 g/mol. The van der Waals surface area contributed by atoms with Crippen LogP contribution in [-0.4, -0.2) is 89.0 Å². The number of hydrogen-bond acceptors (Lipinski definition) is 10. The lowest BCUT2D eigenvalue weighted by Crippen LogP contribution is -2.59. The zero-order valence-electron chi connectivity index (χ0n) is 35.2. The Morgan fingerprint density at radius 2 is 0.964 bits per heavy atom. The molecule has 0 saturated carbocycles. The molecule has 4 N–H and O–H groups in total. The van der Waals surface area contributed by atoms with Gasteiger partial charge in [0, 0.05) is 12.8 Å². The molecule has 1 aliphatic heterocycles. The van der Waals surface area contributed by atoms with Gasteiger partial charge in [-0.25, -0.2) is 0 Å². The van der Waals surface area contributed by atoms with E-state index in [0.717, 1.165) is 51.4 Å². The van der Waals surface area contributed by atoms with Crippen LogP contribution in [0.5, 0.6) is 0 Å². The number of hydrogen-bond donors (Lipinski definition) is 4. The maximum atomic E-state index is 12.7. The smallest absolute Gasteiger partial charge is 0.306 e. The number of allylic oxidation sites excluding steroid dienone is 2. The van der Waals surface area contributed by atoms with Crippen molar-refractivity contribution in [2.75, 3.05) is 19.8 Å². The summed E-state index contributed by atoms with van der Waals surface area (Å²) in [4.78, 5) is 25.3. The number of ether oxygens (including phenoxy) is 4. The second-order valence-electron chi connectivity index (χ2n) is 15.9. The quantitative estimate of drug-likeness (QED) is 0.0271. The second kappa shape index (κ2) is 36.8. The van der Waals surface area contributed by atoms with E-state index >= 15 is 0 Å². The van der Waals surface area contributed by atoms with Crippen LogP contribution < -0.4 is 0 Å². The highest BCUT2D eigenvalue weighted by Gasteiger charge is 2.44. The highest BCUT2D eigenvalue weighted by atomic mass is 16.7. The molecule has 10 nitrogen and oxygen atoms in total. The Balaban J connectivity index is 2.32. The number of carbonyl (C=O) groups is 2. The van der Waals surface area contributed by atoms with E-state index < -0.39 is 49.4 Å². The maximum absolute atomic E-state index is 12.7. The Kier molecular flexibility index (Phi) is 34.4. The van der Waals surface area contributed by atoms with Gasteiger partial charge in [0.15, 0.2) is 12.4 Å². The van der Waals surface area contributed by atoms with Crippen molar-refractivity contribution in [1.82, 2.24) is 0 Å². The van der Waals surface area contributed by atoms with Crippen molar-refractivity contribution in [2.24, 2.45) is 0 Å². The van der Waals surface area contributed by atoms with Crippen molar-refractivity contribution in [1.29, 1.82) is 0 Å². The lowest BCUT2D eigenvalue weighted by molar-refractivity contribution is -0.305. The zero-order valence-corrected chi connectivity index (χ0v) is 35.2. The first-order chi connectivity index (χ1) is 26.8. The van der Waals surface area contributed by atoms with Crippen LogP contribution in [0.3, 0.4) is 0 Å². The molecular weight excluding hydrogens is 700 g/mol. The van der Waals surface area contributed by atoms with E-state index in [1.54, 1.807) is 0 Å². The summed E-state index contributed by atoms with van der Waals surface area (Å²) < 4.78 is 22.2.